The SMILES string of the molecule is Nc1ccccc1-n1c(=O)ccc2ccccc21. The maximum absolute atomic E-state index is 12.1. The van der Waals surface area contributed by atoms with Crippen LogP contribution in [0.3, 0.4) is 0 Å². The lowest BCUT2D eigenvalue weighted by atomic mass is 10.2. The summed E-state index contributed by atoms with van der Waals surface area (Å²) in [6.07, 6.45) is 0. The summed E-state index contributed by atoms with van der Waals surface area (Å²) in [5, 5.41) is 1.01. The number of hydrogen-bond donors (Lipinski definition) is 1. The number of nitrogens with two attached hydrogens (primary N) is 1. The van der Waals surface area contributed by atoms with Crippen molar-refractivity contribution in [1.82, 2.24) is 4.57 Å². The van der Waals surface area contributed by atoms with E-state index in [0.717, 1.165) is 16.6 Å². The molecule has 3 aromatic rings. The molecule has 0 aliphatic heterocycles. The first-order valence-corrected chi connectivity index (χ1v) is 5.73. The Kier molecular flexibility index (Phi) is 2.38. The minimum atomic E-state index is -0.0772. The van der Waals surface area contributed by atoms with Gasteiger partial charge in [-0.1, -0.05) is 30.3 Å². The Labute approximate surface area is 104 Å². The van der Waals surface area contributed by atoms with E-state index in [1.165, 1.54) is 0 Å². The van der Waals surface area contributed by atoms with Crippen molar-refractivity contribution in [3.8, 4) is 5.69 Å². The molecule has 3 heteroatoms. The predicted octanol–water partition coefficient (Wildman–Crippen LogP) is 2.57. The summed E-state index contributed by atoms with van der Waals surface area (Å²) >= 11 is 0. The summed E-state index contributed by atoms with van der Waals surface area (Å²) in [6.45, 7) is 0. The van der Waals surface area contributed by atoms with Gasteiger partial charge in [0, 0.05) is 6.07 Å². The lowest BCUT2D eigenvalue weighted by molar-refractivity contribution is 1.05. The maximum atomic E-state index is 12.1. The number of para-hydroxylation sites is 3. The zero-order valence-corrected chi connectivity index (χ0v) is 9.71. The highest BCUT2D eigenvalue weighted by molar-refractivity contribution is 5.81. The number of nitrogen functional groups attached to an aromatic ring is 1. The second kappa shape index (κ2) is 4.04. The van der Waals surface area contributed by atoms with Gasteiger partial charge in [0.1, 0.15) is 0 Å². The highest BCUT2D eigenvalue weighted by Gasteiger charge is 2.06. The van der Waals surface area contributed by atoms with E-state index in [2.05, 4.69) is 0 Å². The predicted molar refractivity (Wildman–Crippen MR) is 74.0 cm³/mol. The van der Waals surface area contributed by atoms with Gasteiger partial charge in [-0.15, -0.1) is 0 Å². The molecule has 0 spiro atoms. The number of rotatable bonds is 1. The third-order valence-electron chi connectivity index (χ3n) is 2.98. The van der Waals surface area contributed by atoms with Gasteiger partial charge < -0.3 is 5.73 Å². The molecular weight excluding hydrogens is 224 g/mol. The molecule has 0 saturated carbocycles. The molecule has 3 rings (SSSR count). The Morgan fingerprint density at radius 1 is 0.833 bits per heavy atom. The lowest BCUT2D eigenvalue weighted by Crippen LogP contribution is -2.18. The van der Waals surface area contributed by atoms with E-state index in [9.17, 15) is 4.79 Å². The zero-order valence-electron chi connectivity index (χ0n) is 9.71. The van der Waals surface area contributed by atoms with E-state index in [-0.39, 0.29) is 5.56 Å². The number of nitrogens with zero attached hydrogens (tertiary/aromatic N) is 1. The molecule has 0 aliphatic rings. The maximum Gasteiger partial charge on any atom is 0.255 e. The molecule has 0 fully saturated rings. The molecular formula is C15H12N2O. The highest BCUT2D eigenvalue weighted by Crippen LogP contribution is 2.20. The molecule has 0 amide bonds. The van der Waals surface area contributed by atoms with Gasteiger partial charge >= 0.3 is 0 Å². The fourth-order valence-electron chi connectivity index (χ4n) is 2.13. The Balaban J connectivity index is 2.46. The molecule has 0 unspecified atom stereocenters. The normalized spacial score (nSPS) is 10.7. The van der Waals surface area contributed by atoms with Crippen LogP contribution < -0.4 is 11.3 Å². The van der Waals surface area contributed by atoms with E-state index >= 15 is 0 Å². The molecule has 0 atom stereocenters. The van der Waals surface area contributed by atoms with Crippen molar-refractivity contribution in [2.45, 2.75) is 0 Å². The molecule has 2 N–H and O–H groups in total. The minimum absolute atomic E-state index is 0.0772. The first-order valence-electron chi connectivity index (χ1n) is 5.73. The summed E-state index contributed by atoms with van der Waals surface area (Å²) in [6, 6.07) is 18.5. The molecule has 3 nitrogen and oxygen atoms in total. The van der Waals surface area contributed by atoms with Crippen molar-refractivity contribution >= 4 is 16.6 Å². The van der Waals surface area contributed by atoms with Crippen LogP contribution in [0.25, 0.3) is 16.6 Å². The van der Waals surface area contributed by atoms with E-state index in [4.69, 9.17) is 5.73 Å². The fraction of sp³-hybridized carbons (Fsp3) is 0. The van der Waals surface area contributed by atoms with E-state index < -0.39 is 0 Å². The number of benzene rings is 2. The third kappa shape index (κ3) is 1.57. The van der Waals surface area contributed by atoms with Gasteiger partial charge in [-0.25, -0.2) is 0 Å². The van der Waals surface area contributed by atoms with Crippen LogP contribution in [0.2, 0.25) is 0 Å². The van der Waals surface area contributed by atoms with Crippen molar-refractivity contribution in [2.75, 3.05) is 5.73 Å². The number of anilines is 1. The Morgan fingerprint density at radius 2 is 1.56 bits per heavy atom. The minimum Gasteiger partial charge on any atom is -0.397 e. The average Bonchev–Trinajstić information content (AvgIpc) is 2.40. The summed E-state index contributed by atoms with van der Waals surface area (Å²) in [7, 11) is 0. The molecule has 0 aliphatic carbocycles. The van der Waals surface area contributed by atoms with Crippen molar-refractivity contribution in [3.05, 3.63) is 71.0 Å². The second-order valence-electron chi connectivity index (χ2n) is 4.12. The zero-order chi connectivity index (χ0) is 12.5. The van der Waals surface area contributed by atoms with Crippen LogP contribution >= 0.6 is 0 Å². The molecule has 18 heavy (non-hydrogen) atoms. The Morgan fingerprint density at radius 3 is 2.39 bits per heavy atom. The van der Waals surface area contributed by atoms with Crippen LogP contribution in [-0.2, 0) is 0 Å². The number of pyridine rings is 1. The lowest BCUT2D eigenvalue weighted by Gasteiger charge is -2.11. The highest BCUT2D eigenvalue weighted by atomic mass is 16.1. The fourth-order valence-corrected chi connectivity index (χ4v) is 2.13. The number of aromatic nitrogens is 1. The van der Waals surface area contributed by atoms with Crippen LogP contribution in [0.1, 0.15) is 0 Å². The summed E-state index contributed by atoms with van der Waals surface area (Å²) in [4.78, 5) is 12.1. The molecule has 1 heterocycles. The molecule has 1 aromatic heterocycles. The Bertz CT molecular complexity index is 775. The van der Waals surface area contributed by atoms with E-state index in [0.29, 0.717) is 5.69 Å². The van der Waals surface area contributed by atoms with E-state index in [1.807, 2.05) is 48.5 Å². The molecule has 2 aromatic carbocycles. The third-order valence-corrected chi connectivity index (χ3v) is 2.98. The van der Waals surface area contributed by atoms with Gasteiger partial charge in [-0.05, 0) is 29.7 Å². The van der Waals surface area contributed by atoms with Gasteiger partial charge in [-0.2, -0.15) is 0 Å². The van der Waals surface area contributed by atoms with Gasteiger partial charge in [0.2, 0.25) is 0 Å². The van der Waals surface area contributed by atoms with Crippen molar-refractivity contribution in [1.29, 1.82) is 0 Å². The van der Waals surface area contributed by atoms with Gasteiger partial charge in [0.05, 0.1) is 16.9 Å². The van der Waals surface area contributed by atoms with Crippen LogP contribution in [0.15, 0.2) is 65.5 Å². The Hall–Kier alpha value is -2.55. The monoisotopic (exact) mass is 236 g/mol. The second-order valence-corrected chi connectivity index (χ2v) is 4.12. The number of hydrogen-bond acceptors (Lipinski definition) is 2. The van der Waals surface area contributed by atoms with Crippen molar-refractivity contribution in [2.24, 2.45) is 0 Å². The van der Waals surface area contributed by atoms with Gasteiger partial charge in [0.25, 0.3) is 5.56 Å². The number of fused-ring (bicyclic) bond motifs is 1. The van der Waals surface area contributed by atoms with Crippen molar-refractivity contribution in [3.63, 3.8) is 0 Å². The van der Waals surface area contributed by atoms with Gasteiger partial charge in [0.15, 0.2) is 0 Å². The van der Waals surface area contributed by atoms with Crippen LogP contribution in [0, 0.1) is 0 Å². The topological polar surface area (TPSA) is 48.0 Å². The average molecular weight is 236 g/mol. The van der Waals surface area contributed by atoms with Crippen LogP contribution in [0.4, 0.5) is 5.69 Å². The van der Waals surface area contributed by atoms with Crippen LogP contribution in [0.5, 0.6) is 0 Å². The molecule has 0 bridgehead atoms. The van der Waals surface area contributed by atoms with Gasteiger partial charge in [-0.3, -0.25) is 9.36 Å². The summed E-state index contributed by atoms with van der Waals surface area (Å²) in [5.74, 6) is 0. The van der Waals surface area contributed by atoms with E-state index in [1.54, 1.807) is 16.7 Å². The largest absolute Gasteiger partial charge is 0.397 e. The first-order chi connectivity index (χ1) is 8.77. The summed E-state index contributed by atoms with van der Waals surface area (Å²) < 4.78 is 1.64. The molecule has 88 valence electrons. The quantitative estimate of drug-likeness (QED) is 0.660. The molecule has 0 radical (unpaired) electrons. The smallest absolute Gasteiger partial charge is 0.255 e. The molecule has 0 saturated heterocycles. The standard InChI is InChI=1S/C15H12N2O/c16-12-6-2-4-8-14(12)17-13-7-3-1-5-11(13)9-10-15(17)18/h1-10H,16H2. The van der Waals surface area contributed by atoms with Crippen molar-refractivity contribution < 1.29 is 0 Å². The summed E-state index contributed by atoms with van der Waals surface area (Å²) in [5.41, 5.74) is 8.05. The first kappa shape index (κ1) is 10.6. The van der Waals surface area contributed by atoms with Crippen LogP contribution in [-0.4, -0.2) is 4.57 Å².